The summed E-state index contributed by atoms with van der Waals surface area (Å²) in [5.74, 6) is -1.64. The molecular weight excluding hydrogens is 384 g/mol. The Morgan fingerprint density at radius 1 is 1.36 bits per heavy atom. The predicted octanol–water partition coefficient (Wildman–Crippen LogP) is -1.59. The van der Waals surface area contributed by atoms with Gasteiger partial charge < -0.3 is 31.9 Å². The average molecular weight is 410 g/mol. The number of carbonyl (C=O) groups is 3. The highest BCUT2D eigenvalue weighted by molar-refractivity contribution is 7.09. The summed E-state index contributed by atoms with van der Waals surface area (Å²) in [5, 5.41) is 30.0. The second-order valence-corrected chi connectivity index (χ2v) is 7.74. The maximum absolute atomic E-state index is 12.6. The van der Waals surface area contributed by atoms with Gasteiger partial charge >= 0.3 is 0 Å². The molecule has 1 heterocycles. The van der Waals surface area contributed by atoms with E-state index in [1.165, 1.54) is 17.4 Å². The van der Waals surface area contributed by atoms with Gasteiger partial charge in [0.05, 0.1) is 18.2 Å². The van der Waals surface area contributed by atoms with Crippen LogP contribution in [0.4, 0.5) is 0 Å². The van der Waals surface area contributed by atoms with Crippen LogP contribution in [0, 0.1) is 0 Å². The van der Waals surface area contributed by atoms with Crippen molar-refractivity contribution in [3.05, 3.63) is 34.0 Å². The molecule has 28 heavy (non-hydrogen) atoms. The maximum Gasteiger partial charge on any atom is 0.247 e. The summed E-state index contributed by atoms with van der Waals surface area (Å²) in [6.45, 7) is 1.64. The molecule has 0 fully saturated rings. The molecule has 9 nitrogen and oxygen atoms in total. The molecule has 7 N–H and O–H groups in total. The molecule has 0 aliphatic heterocycles. The Morgan fingerprint density at radius 2 is 2.07 bits per heavy atom. The van der Waals surface area contributed by atoms with Crippen LogP contribution in [0.1, 0.15) is 18.2 Å². The number of thiophene rings is 1. The molecule has 154 valence electrons. The molecule has 0 saturated carbocycles. The lowest BCUT2D eigenvalue weighted by Gasteiger charge is -2.32. The Kier molecular flexibility index (Phi) is 7.69. The number of nitrogens with one attached hydrogen (secondary N) is 3. The minimum Gasteiger partial charge on any atom is -0.390 e. The molecule has 1 aromatic heterocycles. The van der Waals surface area contributed by atoms with E-state index in [1.54, 1.807) is 14.0 Å². The van der Waals surface area contributed by atoms with Crippen molar-refractivity contribution in [3.63, 3.8) is 0 Å². The Morgan fingerprint density at radius 3 is 2.64 bits per heavy atom. The lowest BCUT2D eigenvalue weighted by atomic mass is 9.89. The van der Waals surface area contributed by atoms with Crippen LogP contribution < -0.4 is 21.7 Å². The normalized spacial score (nSPS) is 24.0. The van der Waals surface area contributed by atoms with Crippen molar-refractivity contribution in [3.8, 4) is 0 Å². The molecule has 1 aliphatic carbocycles. The van der Waals surface area contributed by atoms with Gasteiger partial charge in [0.25, 0.3) is 0 Å². The zero-order chi connectivity index (χ0) is 20.8. The van der Waals surface area contributed by atoms with Crippen LogP contribution in [0.15, 0.2) is 29.2 Å². The smallest absolute Gasteiger partial charge is 0.247 e. The van der Waals surface area contributed by atoms with Crippen molar-refractivity contribution in [2.45, 2.75) is 50.1 Å². The highest BCUT2D eigenvalue weighted by Crippen LogP contribution is 2.20. The number of primary amides is 1. The van der Waals surface area contributed by atoms with Crippen molar-refractivity contribution in [1.82, 2.24) is 16.0 Å². The van der Waals surface area contributed by atoms with Gasteiger partial charge in [0.15, 0.2) is 0 Å². The molecular formula is C18H26N4O5S. The predicted molar refractivity (Wildman–Crippen MR) is 104 cm³/mol. The first-order chi connectivity index (χ1) is 13.2. The van der Waals surface area contributed by atoms with E-state index in [0.29, 0.717) is 0 Å². The van der Waals surface area contributed by atoms with E-state index >= 15 is 0 Å². The highest BCUT2D eigenvalue weighted by atomic mass is 32.1. The van der Waals surface area contributed by atoms with Crippen molar-refractivity contribution in [2.75, 3.05) is 7.05 Å². The molecule has 0 spiro atoms. The molecule has 0 radical (unpaired) electrons. The largest absolute Gasteiger partial charge is 0.390 e. The summed E-state index contributed by atoms with van der Waals surface area (Å²) >= 11 is 1.44. The van der Waals surface area contributed by atoms with E-state index in [2.05, 4.69) is 16.0 Å². The average Bonchev–Trinajstić information content (AvgIpc) is 3.16. The van der Waals surface area contributed by atoms with E-state index in [-0.39, 0.29) is 24.3 Å². The number of nitrogens with two attached hydrogens (primary N) is 1. The second kappa shape index (κ2) is 9.78. The molecule has 10 heteroatoms. The van der Waals surface area contributed by atoms with Crippen LogP contribution in [0.2, 0.25) is 0 Å². The zero-order valence-electron chi connectivity index (χ0n) is 15.7. The summed E-state index contributed by atoms with van der Waals surface area (Å²) in [7, 11) is 1.61. The van der Waals surface area contributed by atoms with Crippen molar-refractivity contribution < 1.29 is 24.6 Å². The van der Waals surface area contributed by atoms with E-state index in [1.807, 2.05) is 17.5 Å². The van der Waals surface area contributed by atoms with Gasteiger partial charge in [0, 0.05) is 23.3 Å². The Hall–Kier alpha value is -2.27. The Bertz CT molecular complexity index is 736. The summed E-state index contributed by atoms with van der Waals surface area (Å²) in [5.41, 5.74) is 5.56. The summed E-state index contributed by atoms with van der Waals surface area (Å²) < 4.78 is 0. The third kappa shape index (κ3) is 5.61. The molecule has 5 atom stereocenters. The monoisotopic (exact) mass is 410 g/mol. The van der Waals surface area contributed by atoms with Gasteiger partial charge in [-0.15, -0.1) is 11.3 Å². The fraction of sp³-hybridized carbons (Fsp3) is 0.500. The van der Waals surface area contributed by atoms with Crippen LogP contribution in [0.5, 0.6) is 0 Å². The number of hydrogen-bond acceptors (Lipinski definition) is 7. The molecule has 1 aliphatic rings. The molecule has 0 bridgehead atoms. The summed E-state index contributed by atoms with van der Waals surface area (Å²) in [4.78, 5) is 37.3. The minimum atomic E-state index is -1.25. The lowest BCUT2D eigenvalue weighted by Crippen LogP contribution is -2.54. The highest BCUT2D eigenvalue weighted by Gasteiger charge is 2.35. The molecule has 0 aromatic carbocycles. The van der Waals surface area contributed by atoms with E-state index in [0.717, 1.165) is 4.88 Å². The van der Waals surface area contributed by atoms with Crippen molar-refractivity contribution in [2.24, 2.45) is 5.73 Å². The zero-order valence-corrected chi connectivity index (χ0v) is 16.5. The first-order valence-corrected chi connectivity index (χ1v) is 9.78. The van der Waals surface area contributed by atoms with Crippen LogP contribution in [0.3, 0.4) is 0 Å². The second-order valence-electron chi connectivity index (χ2n) is 6.71. The quantitative estimate of drug-likeness (QED) is 0.304. The number of carbonyl (C=O) groups excluding carboxylic acids is 3. The first kappa shape index (κ1) is 22.0. The van der Waals surface area contributed by atoms with Gasteiger partial charge in [0.2, 0.25) is 17.7 Å². The molecule has 1 aromatic rings. The molecule has 3 amide bonds. The SMILES string of the molecule is CN[C@@H](C)C(=O)N[C@H]1C=C(C(=O)N[C@@H](Cc2cccs2)C(N)=O)C[C@@H](O)[C@@H]1O. The number of amides is 3. The standard InChI is InChI=1S/C18H26N4O5S/c1-9(20-2)17(26)21-12-6-10(7-14(23)15(12)24)18(27)22-13(16(19)25)8-11-4-3-5-28-11/h3-6,9,12-15,20,23-24H,7-8H2,1-2H3,(H2,19,25)(H,21,26)(H,22,27)/t9-,12-,13-,14+,15+/m0/s1. The molecule has 2 rings (SSSR count). The lowest BCUT2D eigenvalue weighted by molar-refractivity contribution is -0.126. The third-order valence-electron chi connectivity index (χ3n) is 4.63. The number of hydrogen-bond donors (Lipinski definition) is 6. The van der Waals surface area contributed by atoms with Gasteiger partial charge in [0.1, 0.15) is 12.1 Å². The van der Waals surface area contributed by atoms with Crippen molar-refractivity contribution in [1.29, 1.82) is 0 Å². The van der Waals surface area contributed by atoms with Crippen LogP contribution in [-0.4, -0.2) is 65.3 Å². The number of aliphatic hydroxyl groups is 2. The molecule has 0 unspecified atom stereocenters. The third-order valence-corrected chi connectivity index (χ3v) is 5.53. The van der Waals surface area contributed by atoms with Gasteiger partial charge in [-0.3, -0.25) is 14.4 Å². The van der Waals surface area contributed by atoms with Gasteiger partial charge in [-0.05, 0) is 25.4 Å². The van der Waals surface area contributed by atoms with Gasteiger partial charge in [-0.2, -0.15) is 0 Å². The van der Waals surface area contributed by atoms with Crippen LogP contribution >= 0.6 is 11.3 Å². The summed E-state index contributed by atoms with van der Waals surface area (Å²) in [6, 6.07) is 1.31. The van der Waals surface area contributed by atoms with Crippen molar-refractivity contribution >= 4 is 29.1 Å². The molecule has 0 saturated heterocycles. The van der Waals surface area contributed by atoms with Crippen LogP contribution in [-0.2, 0) is 20.8 Å². The summed E-state index contributed by atoms with van der Waals surface area (Å²) in [6.07, 6.45) is -0.925. The van der Waals surface area contributed by atoms with Crippen LogP contribution in [0.25, 0.3) is 0 Å². The topological polar surface area (TPSA) is 154 Å². The Labute approximate surface area is 167 Å². The number of likely N-dealkylation sites (N-methyl/N-ethyl adjacent to an activating group) is 1. The first-order valence-electron chi connectivity index (χ1n) is 8.90. The fourth-order valence-electron chi connectivity index (χ4n) is 2.79. The van der Waals surface area contributed by atoms with E-state index in [4.69, 9.17) is 5.73 Å². The number of aliphatic hydroxyl groups excluding tert-OH is 2. The van der Waals surface area contributed by atoms with E-state index < -0.39 is 42.1 Å². The fourth-order valence-corrected chi connectivity index (χ4v) is 3.54. The maximum atomic E-state index is 12.6. The Balaban J connectivity index is 2.11. The van der Waals surface area contributed by atoms with E-state index in [9.17, 15) is 24.6 Å². The number of rotatable bonds is 8. The minimum absolute atomic E-state index is 0.106. The van der Waals surface area contributed by atoms with Gasteiger partial charge in [-0.25, -0.2) is 0 Å². The van der Waals surface area contributed by atoms with Gasteiger partial charge in [-0.1, -0.05) is 12.1 Å².